The van der Waals surface area contributed by atoms with Crippen molar-refractivity contribution in [1.82, 2.24) is 10.2 Å². The van der Waals surface area contributed by atoms with E-state index in [1.54, 1.807) is 0 Å². The molecular weight excluding hydrogens is 232 g/mol. The molecule has 0 aromatic heterocycles. The standard InChI is InChI=1S/C14H21ClN2/c1-11(2)13-7-12(8-14(15)9-13)10-17-5-3-16-4-6-17/h7-9,11,16H,3-6,10H2,1-2H3. The molecule has 0 atom stereocenters. The third-order valence-electron chi connectivity index (χ3n) is 3.26. The van der Waals surface area contributed by atoms with Gasteiger partial charge in [0.2, 0.25) is 0 Å². The molecule has 94 valence electrons. The summed E-state index contributed by atoms with van der Waals surface area (Å²) in [6.45, 7) is 9.88. The van der Waals surface area contributed by atoms with E-state index in [0.717, 1.165) is 37.7 Å². The van der Waals surface area contributed by atoms with Crippen LogP contribution in [0.4, 0.5) is 0 Å². The smallest absolute Gasteiger partial charge is 0.0412 e. The van der Waals surface area contributed by atoms with E-state index in [9.17, 15) is 0 Å². The minimum atomic E-state index is 0.537. The van der Waals surface area contributed by atoms with Crippen LogP contribution in [-0.4, -0.2) is 31.1 Å². The molecule has 0 unspecified atom stereocenters. The van der Waals surface area contributed by atoms with Gasteiger partial charge in [0.1, 0.15) is 0 Å². The highest BCUT2D eigenvalue weighted by Crippen LogP contribution is 2.22. The third-order valence-corrected chi connectivity index (χ3v) is 3.48. The lowest BCUT2D eigenvalue weighted by Gasteiger charge is -2.27. The number of benzene rings is 1. The summed E-state index contributed by atoms with van der Waals surface area (Å²) in [7, 11) is 0. The van der Waals surface area contributed by atoms with Crippen LogP contribution in [0.3, 0.4) is 0 Å². The van der Waals surface area contributed by atoms with Crippen molar-refractivity contribution in [2.24, 2.45) is 0 Å². The minimum absolute atomic E-state index is 0.537. The minimum Gasteiger partial charge on any atom is -0.314 e. The Bertz CT molecular complexity index is 370. The fraction of sp³-hybridized carbons (Fsp3) is 0.571. The fourth-order valence-corrected chi connectivity index (χ4v) is 2.49. The Morgan fingerprint density at radius 3 is 2.59 bits per heavy atom. The first-order chi connectivity index (χ1) is 8.15. The molecule has 0 saturated carbocycles. The SMILES string of the molecule is CC(C)c1cc(Cl)cc(CN2CCNCC2)c1. The lowest BCUT2D eigenvalue weighted by Crippen LogP contribution is -2.42. The van der Waals surface area contributed by atoms with Crippen LogP contribution in [0.2, 0.25) is 5.02 Å². The van der Waals surface area contributed by atoms with E-state index in [2.05, 4.69) is 42.3 Å². The van der Waals surface area contributed by atoms with Crippen LogP contribution in [0, 0.1) is 0 Å². The maximum atomic E-state index is 6.18. The molecule has 1 saturated heterocycles. The summed E-state index contributed by atoms with van der Waals surface area (Å²) in [5.74, 6) is 0.537. The van der Waals surface area contributed by atoms with Crippen molar-refractivity contribution in [3.63, 3.8) is 0 Å². The summed E-state index contributed by atoms with van der Waals surface area (Å²) in [6.07, 6.45) is 0. The number of rotatable bonds is 3. The molecule has 1 aromatic rings. The molecule has 0 radical (unpaired) electrons. The van der Waals surface area contributed by atoms with Crippen molar-refractivity contribution in [2.75, 3.05) is 26.2 Å². The van der Waals surface area contributed by atoms with Gasteiger partial charge < -0.3 is 5.32 Å². The molecule has 1 heterocycles. The lowest BCUT2D eigenvalue weighted by molar-refractivity contribution is 0.233. The van der Waals surface area contributed by atoms with E-state index in [1.807, 2.05) is 0 Å². The molecule has 0 spiro atoms. The van der Waals surface area contributed by atoms with Crippen molar-refractivity contribution >= 4 is 11.6 Å². The highest BCUT2D eigenvalue weighted by atomic mass is 35.5. The molecule has 2 rings (SSSR count). The van der Waals surface area contributed by atoms with E-state index >= 15 is 0 Å². The van der Waals surface area contributed by atoms with Crippen LogP contribution in [0.15, 0.2) is 18.2 Å². The molecule has 0 amide bonds. The van der Waals surface area contributed by atoms with Crippen molar-refractivity contribution in [2.45, 2.75) is 26.3 Å². The van der Waals surface area contributed by atoms with Crippen LogP contribution >= 0.6 is 11.6 Å². The number of hydrogen-bond donors (Lipinski definition) is 1. The van der Waals surface area contributed by atoms with Crippen molar-refractivity contribution < 1.29 is 0 Å². The summed E-state index contributed by atoms with van der Waals surface area (Å²) < 4.78 is 0. The van der Waals surface area contributed by atoms with Gasteiger partial charge in [0.15, 0.2) is 0 Å². The van der Waals surface area contributed by atoms with Crippen molar-refractivity contribution in [3.8, 4) is 0 Å². The zero-order chi connectivity index (χ0) is 12.3. The molecule has 17 heavy (non-hydrogen) atoms. The zero-order valence-electron chi connectivity index (χ0n) is 10.7. The molecule has 3 heteroatoms. The maximum Gasteiger partial charge on any atom is 0.0412 e. The van der Waals surface area contributed by atoms with Gasteiger partial charge in [-0.3, -0.25) is 4.90 Å². The first kappa shape index (κ1) is 12.9. The Balaban J connectivity index is 2.09. The third kappa shape index (κ3) is 3.70. The average molecular weight is 253 g/mol. The Hall–Kier alpha value is -0.570. The second kappa shape index (κ2) is 5.85. The highest BCUT2D eigenvalue weighted by molar-refractivity contribution is 6.30. The van der Waals surface area contributed by atoms with Gasteiger partial charge in [-0.15, -0.1) is 0 Å². The number of nitrogens with zero attached hydrogens (tertiary/aromatic N) is 1. The van der Waals surface area contributed by atoms with E-state index in [4.69, 9.17) is 11.6 Å². The summed E-state index contributed by atoms with van der Waals surface area (Å²) in [5, 5.41) is 4.24. The van der Waals surface area contributed by atoms with Gasteiger partial charge in [-0.05, 0) is 29.2 Å². The highest BCUT2D eigenvalue weighted by Gasteiger charge is 2.11. The second-order valence-corrected chi connectivity index (χ2v) is 5.51. The normalized spacial score (nSPS) is 17.6. The molecule has 1 aromatic carbocycles. The Kier molecular flexibility index (Phi) is 4.43. The molecule has 1 aliphatic rings. The predicted octanol–water partition coefficient (Wildman–Crippen LogP) is 2.87. The average Bonchev–Trinajstić information content (AvgIpc) is 2.29. The molecular formula is C14H21ClN2. The zero-order valence-corrected chi connectivity index (χ0v) is 11.4. The van der Waals surface area contributed by atoms with E-state index in [0.29, 0.717) is 5.92 Å². The summed E-state index contributed by atoms with van der Waals surface area (Å²) in [4.78, 5) is 2.48. The van der Waals surface area contributed by atoms with Crippen molar-refractivity contribution in [1.29, 1.82) is 0 Å². The first-order valence-corrected chi connectivity index (χ1v) is 6.75. The van der Waals surface area contributed by atoms with E-state index in [-0.39, 0.29) is 0 Å². The van der Waals surface area contributed by atoms with Crippen LogP contribution in [-0.2, 0) is 6.54 Å². The molecule has 0 aliphatic carbocycles. The Morgan fingerprint density at radius 1 is 1.24 bits per heavy atom. The summed E-state index contributed by atoms with van der Waals surface area (Å²) in [6, 6.07) is 6.46. The topological polar surface area (TPSA) is 15.3 Å². The van der Waals surface area contributed by atoms with Crippen LogP contribution in [0.5, 0.6) is 0 Å². The molecule has 2 nitrogen and oxygen atoms in total. The monoisotopic (exact) mass is 252 g/mol. The predicted molar refractivity (Wildman–Crippen MR) is 73.7 cm³/mol. The van der Waals surface area contributed by atoms with Crippen molar-refractivity contribution in [3.05, 3.63) is 34.3 Å². The van der Waals surface area contributed by atoms with Crippen LogP contribution in [0.1, 0.15) is 30.9 Å². The van der Waals surface area contributed by atoms with Crippen LogP contribution in [0.25, 0.3) is 0 Å². The largest absolute Gasteiger partial charge is 0.314 e. The van der Waals surface area contributed by atoms with Gasteiger partial charge in [0.25, 0.3) is 0 Å². The summed E-state index contributed by atoms with van der Waals surface area (Å²) >= 11 is 6.18. The molecule has 1 N–H and O–H groups in total. The van der Waals surface area contributed by atoms with Gasteiger partial charge in [-0.25, -0.2) is 0 Å². The Morgan fingerprint density at radius 2 is 1.94 bits per heavy atom. The van der Waals surface area contributed by atoms with Gasteiger partial charge in [0, 0.05) is 37.7 Å². The summed E-state index contributed by atoms with van der Waals surface area (Å²) in [5.41, 5.74) is 2.67. The Labute approximate surface area is 109 Å². The lowest BCUT2D eigenvalue weighted by atomic mass is 10.0. The fourth-order valence-electron chi connectivity index (χ4n) is 2.23. The maximum absolute atomic E-state index is 6.18. The number of hydrogen-bond acceptors (Lipinski definition) is 2. The van der Waals surface area contributed by atoms with Gasteiger partial charge in [-0.1, -0.05) is 31.5 Å². The van der Waals surface area contributed by atoms with Gasteiger partial charge in [0.05, 0.1) is 0 Å². The quantitative estimate of drug-likeness (QED) is 0.890. The number of piperazine rings is 1. The molecule has 0 bridgehead atoms. The molecule has 1 aliphatic heterocycles. The first-order valence-electron chi connectivity index (χ1n) is 6.37. The second-order valence-electron chi connectivity index (χ2n) is 5.07. The van der Waals surface area contributed by atoms with Gasteiger partial charge in [-0.2, -0.15) is 0 Å². The van der Waals surface area contributed by atoms with E-state index < -0.39 is 0 Å². The number of nitrogens with one attached hydrogen (secondary N) is 1. The van der Waals surface area contributed by atoms with E-state index in [1.165, 1.54) is 11.1 Å². The number of halogens is 1. The van der Waals surface area contributed by atoms with Crippen LogP contribution < -0.4 is 5.32 Å². The van der Waals surface area contributed by atoms with Gasteiger partial charge >= 0.3 is 0 Å². The molecule has 1 fully saturated rings.